The highest BCUT2D eigenvalue weighted by molar-refractivity contribution is 6.42. The normalized spacial score (nSPS) is 15.8. The molecule has 1 aromatic carbocycles. The van der Waals surface area contributed by atoms with E-state index in [4.69, 9.17) is 23.2 Å². The third-order valence-corrected chi connectivity index (χ3v) is 5.38. The third kappa shape index (κ3) is 5.23. The Morgan fingerprint density at radius 1 is 1.20 bits per heavy atom. The van der Waals surface area contributed by atoms with E-state index >= 15 is 0 Å². The molecule has 6 heteroatoms. The van der Waals surface area contributed by atoms with Gasteiger partial charge >= 0.3 is 0 Å². The van der Waals surface area contributed by atoms with Crippen molar-refractivity contribution in [3.63, 3.8) is 0 Å². The van der Waals surface area contributed by atoms with Gasteiger partial charge in [0.05, 0.1) is 10.0 Å². The van der Waals surface area contributed by atoms with E-state index in [9.17, 15) is 9.59 Å². The topological polar surface area (TPSA) is 40.6 Å². The molecule has 1 heterocycles. The van der Waals surface area contributed by atoms with E-state index in [0.717, 1.165) is 5.56 Å². The van der Waals surface area contributed by atoms with E-state index in [0.29, 0.717) is 36.0 Å². The SMILES string of the molecule is CC(C)N(C)C(=O)C1CCN(C(=O)/C=C/c2ccc(Cl)c(Cl)c2)CC1. The first-order valence-corrected chi connectivity index (χ1v) is 9.24. The number of amides is 2. The van der Waals surface area contributed by atoms with Crippen LogP contribution in [-0.2, 0) is 9.59 Å². The van der Waals surface area contributed by atoms with Crippen LogP contribution in [0.1, 0.15) is 32.3 Å². The van der Waals surface area contributed by atoms with Gasteiger partial charge in [0, 0.05) is 38.2 Å². The fourth-order valence-electron chi connectivity index (χ4n) is 2.78. The van der Waals surface area contributed by atoms with Crippen molar-refractivity contribution >= 4 is 41.1 Å². The highest BCUT2D eigenvalue weighted by Gasteiger charge is 2.29. The Hall–Kier alpha value is -1.52. The lowest BCUT2D eigenvalue weighted by Gasteiger charge is -2.33. The van der Waals surface area contributed by atoms with Gasteiger partial charge in [-0.1, -0.05) is 29.3 Å². The summed E-state index contributed by atoms with van der Waals surface area (Å²) >= 11 is 11.9. The Bertz CT molecular complexity index is 665. The predicted octanol–water partition coefficient (Wildman–Crippen LogP) is 4.11. The molecule has 0 aromatic heterocycles. The van der Waals surface area contributed by atoms with E-state index in [1.807, 2.05) is 27.0 Å². The average molecular weight is 383 g/mol. The smallest absolute Gasteiger partial charge is 0.246 e. The number of hydrogen-bond acceptors (Lipinski definition) is 2. The molecule has 0 saturated carbocycles. The van der Waals surface area contributed by atoms with Gasteiger partial charge in [-0.05, 0) is 50.5 Å². The monoisotopic (exact) mass is 382 g/mol. The summed E-state index contributed by atoms with van der Waals surface area (Å²) in [6, 6.07) is 5.43. The van der Waals surface area contributed by atoms with Crippen molar-refractivity contribution < 1.29 is 9.59 Å². The molecule has 1 aliphatic rings. The standard InChI is InChI=1S/C19H24Cl2N2O2/c1-13(2)22(3)19(25)15-8-10-23(11-9-15)18(24)7-5-14-4-6-16(20)17(21)12-14/h4-7,12-13,15H,8-11H2,1-3H3/b7-5+. The van der Waals surface area contributed by atoms with Crippen molar-refractivity contribution in [2.45, 2.75) is 32.7 Å². The van der Waals surface area contributed by atoms with Gasteiger partial charge in [-0.15, -0.1) is 0 Å². The molecule has 0 bridgehead atoms. The number of halogens is 2. The largest absolute Gasteiger partial charge is 0.343 e. The van der Waals surface area contributed by atoms with Crippen molar-refractivity contribution in [3.05, 3.63) is 39.9 Å². The van der Waals surface area contributed by atoms with Crippen molar-refractivity contribution in [3.8, 4) is 0 Å². The third-order valence-electron chi connectivity index (χ3n) is 4.64. The Morgan fingerprint density at radius 3 is 2.40 bits per heavy atom. The molecule has 25 heavy (non-hydrogen) atoms. The number of carbonyl (C=O) groups excluding carboxylic acids is 2. The Morgan fingerprint density at radius 2 is 1.84 bits per heavy atom. The van der Waals surface area contributed by atoms with Gasteiger partial charge in [0.2, 0.25) is 11.8 Å². The van der Waals surface area contributed by atoms with Crippen LogP contribution in [0.5, 0.6) is 0 Å². The summed E-state index contributed by atoms with van der Waals surface area (Å²) in [4.78, 5) is 28.3. The van der Waals surface area contributed by atoms with Crippen LogP contribution in [0.4, 0.5) is 0 Å². The van der Waals surface area contributed by atoms with Crippen LogP contribution < -0.4 is 0 Å². The predicted molar refractivity (Wildman–Crippen MR) is 103 cm³/mol. The zero-order chi connectivity index (χ0) is 18.6. The van der Waals surface area contributed by atoms with Crippen LogP contribution in [0.3, 0.4) is 0 Å². The minimum Gasteiger partial charge on any atom is -0.343 e. The van der Waals surface area contributed by atoms with Gasteiger partial charge < -0.3 is 9.80 Å². The van der Waals surface area contributed by atoms with Crippen LogP contribution in [0.15, 0.2) is 24.3 Å². The van der Waals surface area contributed by atoms with Crippen LogP contribution in [0.2, 0.25) is 10.0 Å². The summed E-state index contributed by atoms with van der Waals surface area (Å²) in [6.45, 7) is 5.22. The molecule has 0 radical (unpaired) electrons. The first-order valence-electron chi connectivity index (χ1n) is 8.48. The van der Waals surface area contributed by atoms with Crippen molar-refractivity contribution in [2.75, 3.05) is 20.1 Å². The molecule has 4 nitrogen and oxygen atoms in total. The molecule has 0 spiro atoms. The highest BCUT2D eigenvalue weighted by Crippen LogP contribution is 2.24. The first kappa shape index (κ1) is 19.8. The lowest BCUT2D eigenvalue weighted by molar-refractivity contribution is -0.139. The van der Waals surface area contributed by atoms with Crippen LogP contribution in [0, 0.1) is 5.92 Å². The number of benzene rings is 1. The quantitative estimate of drug-likeness (QED) is 0.735. The Balaban J connectivity index is 1.89. The van der Waals surface area contributed by atoms with E-state index in [1.54, 1.807) is 34.1 Å². The number of likely N-dealkylation sites (tertiary alicyclic amines) is 1. The number of carbonyl (C=O) groups is 2. The maximum atomic E-state index is 12.4. The Kier molecular flexibility index (Phi) is 6.91. The molecule has 2 amide bonds. The first-order chi connectivity index (χ1) is 11.8. The molecule has 1 fully saturated rings. The molecule has 136 valence electrons. The van der Waals surface area contributed by atoms with E-state index in [2.05, 4.69) is 0 Å². The van der Waals surface area contributed by atoms with Gasteiger partial charge in [-0.3, -0.25) is 9.59 Å². The molecule has 1 aromatic rings. The van der Waals surface area contributed by atoms with Crippen LogP contribution >= 0.6 is 23.2 Å². The van der Waals surface area contributed by atoms with E-state index < -0.39 is 0 Å². The fourth-order valence-corrected chi connectivity index (χ4v) is 3.08. The maximum Gasteiger partial charge on any atom is 0.246 e. The molecule has 1 saturated heterocycles. The minimum atomic E-state index is -0.0471. The number of piperidine rings is 1. The van der Waals surface area contributed by atoms with Crippen LogP contribution in [-0.4, -0.2) is 47.8 Å². The molecule has 0 atom stereocenters. The lowest BCUT2D eigenvalue weighted by atomic mass is 9.95. The zero-order valence-corrected chi connectivity index (χ0v) is 16.3. The summed E-state index contributed by atoms with van der Waals surface area (Å²) in [7, 11) is 1.84. The summed E-state index contributed by atoms with van der Waals surface area (Å²) in [5, 5.41) is 0.952. The second-order valence-electron chi connectivity index (χ2n) is 6.65. The molecule has 0 unspecified atom stereocenters. The molecule has 2 rings (SSSR count). The van der Waals surface area contributed by atoms with E-state index in [-0.39, 0.29) is 23.8 Å². The highest BCUT2D eigenvalue weighted by atomic mass is 35.5. The lowest BCUT2D eigenvalue weighted by Crippen LogP contribution is -2.44. The average Bonchev–Trinajstić information content (AvgIpc) is 2.61. The summed E-state index contributed by atoms with van der Waals surface area (Å²) in [5.74, 6) is 0.137. The summed E-state index contributed by atoms with van der Waals surface area (Å²) in [5.41, 5.74) is 0.825. The fraction of sp³-hybridized carbons (Fsp3) is 0.474. The molecule has 0 N–H and O–H groups in total. The van der Waals surface area contributed by atoms with Gasteiger partial charge in [0.15, 0.2) is 0 Å². The van der Waals surface area contributed by atoms with Crippen molar-refractivity contribution in [1.82, 2.24) is 9.80 Å². The zero-order valence-electron chi connectivity index (χ0n) is 14.8. The van der Waals surface area contributed by atoms with E-state index in [1.165, 1.54) is 0 Å². The maximum absolute atomic E-state index is 12.4. The molecular weight excluding hydrogens is 359 g/mol. The Labute approximate surface area is 159 Å². The van der Waals surface area contributed by atoms with Gasteiger partial charge in [0.25, 0.3) is 0 Å². The van der Waals surface area contributed by atoms with Gasteiger partial charge in [-0.2, -0.15) is 0 Å². The van der Waals surface area contributed by atoms with Crippen molar-refractivity contribution in [2.24, 2.45) is 5.92 Å². The molecule has 0 aliphatic carbocycles. The minimum absolute atomic E-state index is 0.00972. The van der Waals surface area contributed by atoms with Gasteiger partial charge in [0.1, 0.15) is 0 Å². The second-order valence-corrected chi connectivity index (χ2v) is 7.46. The van der Waals surface area contributed by atoms with Gasteiger partial charge in [-0.25, -0.2) is 0 Å². The summed E-state index contributed by atoms with van der Waals surface area (Å²) in [6.07, 6.45) is 4.70. The van der Waals surface area contributed by atoms with Crippen LogP contribution in [0.25, 0.3) is 6.08 Å². The number of rotatable bonds is 4. The second kappa shape index (κ2) is 8.72. The van der Waals surface area contributed by atoms with Crippen molar-refractivity contribution in [1.29, 1.82) is 0 Å². The molecule has 1 aliphatic heterocycles. The summed E-state index contributed by atoms with van der Waals surface area (Å²) < 4.78 is 0. The molecular formula is C19H24Cl2N2O2. The number of nitrogens with zero attached hydrogens (tertiary/aromatic N) is 2. The number of hydrogen-bond donors (Lipinski definition) is 0.